The summed E-state index contributed by atoms with van der Waals surface area (Å²) in [7, 11) is 1.89. The van der Waals surface area contributed by atoms with Crippen LogP contribution in [-0.2, 0) is 4.79 Å². The maximum absolute atomic E-state index is 12.2. The number of amides is 1. The molecule has 1 aliphatic rings. The van der Waals surface area contributed by atoms with Gasteiger partial charge in [-0.25, -0.2) is 9.97 Å². The average molecular weight is 344 g/mol. The first-order valence-electron chi connectivity index (χ1n) is 8.01. The number of aromatic nitrogens is 3. The number of anilines is 1. The Kier molecular flexibility index (Phi) is 4.32. The molecular formula is C16H20N6O3. The third-order valence-electron chi connectivity index (χ3n) is 4.82. The number of nitrogens with zero attached hydrogens (tertiary/aromatic N) is 5. The Morgan fingerprint density at radius 2 is 2.28 bits per heavy atom. The zero-order valence-electron chi connectivity index (χ0n) is 14.0. The molecule has 1 fully saturated rings. The molecule has 0 saturated carbocycles. The van der Waals surface area contributed by atoms with Gasteiger partial charge in [0.2, 0.25) is 0 Å². The van der Waals surface area contributed by atoms with Gasteiger partial charge in [0.1, 0.15) is 23.9 Å². The Balaban J connectivity index is 1.86. The van der Waals surface area contributed by atoms with Crippen molar-refractivity contribution < 1.29 is 15.0 Å². The fraction of sp³-hybridized carbons (Fsp3) is 0.500. The molecule has 3 N–H and O–H groups in total. The topological polar surface area (TPSA) is 129 Å². The number of piperidine rings is 1. The molecule has 2 aromatic rings. The SMILES string of the molecule is C[C@@H]1CCN(C(=O)C(O)(O)C#N)C[C@@H]1N(C)c1ncnc2[nH]ccc12. The predicted molar refractivity (Wildman–Crippen MR) is 89.2 cm³/mol. The second-order valence-electron chi connectivity index (χ2n) is 6.42. The van der Waals surface area contributed by atoms with Crippen LogP contribution >= 0.6 is 0 Å². The van der Waals surface area contributed by atoms with E-state index < -0.39 is 11.7 Å². The first-order chi connectivity index (χ1) is 11.8. The van der Waals surface area contributed by atoms with E-state index in [0.29, 0.717) is 13.0 Å². The van der Waals surface area contributed by atoms with Crippen molar-refractivity contribution in [3.63, 3.8) is 0 Å². The van der Waals surface area contributed by atoms with E-state index in [0.717, 1.165) is 16.9 Å². The van der Waals surface area contributed by atoms with Gasteiger partial charge < -0.3 is 25.0 Å². The Morgan fingerprint density at radius 3 is 3.00 bits per heavy atom. The van der Waals surface area contributed by atoms with Gasteiger partial charge in [-0.3, -0.25) is 4.79 Å². The van der Waals surface area contributed by atoms with Gasteiger partial charge in [-0.15, -0.1) is 0 Å². The highest BCUT2D eigenvalue weighted by molar-refractivity contribution is 5.88. The normalized spacial score (nSPS) is 21.2. The fourth-order valence-corrected chi connectivity index (χ4v) is 3.30. The zero-order valence-corrected chi connectivity index (χ0v) is 14.0. The lowest BCUT2D eigenvalue weighted by Gasteiger charge is -2.42. The number of fused-ring (bicyclic) bond motifs is 1. The maximum Gasteiger partial charge on any atom is 0.336 e. The molecule has 1 aliphatic heterocycles. The van der Waals surface area contributed by atoms with E-state index in [1.165, 1.54) is 17.3 Å². The minimum Gasteiger partial charge on any atom is -0.354 e. The molecule has 0 unspecified atom stereocenters. The number of nitrogens with one attached hydrogen (secondary N) is 1. The first kappa shape index (κ1) is 17.1. The summed E-state index contributed by atoms with van der Waals surface area (Å²) in [5.74, 6) is -2.99. The van der Waals surface area contributed by atoms with E-state index in [-0.39, 0.29) is 18.5 Å². The lowest BCUT2D eigenvalue weighted by Crippen LogP contribution is -2.57. The molecule has 0 aliphatic carbocycles. The molecule has 9 nitrogen and oxygen atoms in total. The number of rotatable bonds is 3. The van der Waals surface area contributed by atoms with Crippen LogP contribution in [0.25, 0.3) is 11.0 Å². The molecule has 132 valence electrons. The molecular weight excluding hydrogens is 324 g/mol. The van der Waals surface area contributed by atoms with Gasteiger partial charge in [-0.05, 0) is 18.4 Å². The van der Waals surface area contributed by atoms with Gasteiger partial charge in [0.15, 0.2) is 0 Å². The van der Waals surface area contributed by atoms with Crippen LogP contribution in [0.5, 0.6) is 0 Å². The summed E-state index contributed by atoms with van der Waals surface area (Å²) in [5.41, 5.74) is 0.724. The van der Waals surface area contributed by atoms with Crippen molar-refractivity contribution in [1.29, 1.82) is 5.26 Å². The highest BCUT2D eigenvalue weighted by Gasteiger charge is 2.41. The van der Waals surface area contributed by atoms with Gasteiger partial charge in [-0.2, -0.15) is 5.26 Å². The monoisotopic (exact) mass is 344 g/mol. The highest BCUT2D eigenvalue weighted by Crippen LogP contribution is 2.29. The minimum atomic E-state index is -2.99. The van der Waals surface area contributed by atoms with E-state index in [4.69, 9.17) is 5.26 Å². The van der Waals surface area contributed by atoms with Gasteiger partial charge in [0.05, 0.1) is 11.4 Å². The van der Waals surface area contributed by atoms with Crippen LogP contribution in [0.2, 0.25) is 0 Å². The smallest absolute Gasteiger partial charge is 0.336 e. The number of hydrogen-bond donors (Lipinski definition) is 3. The summed E-state index contributed by atoms with van der Waals surface area (Å²) < 4.78 is 0. The molecule has 1 amide bonds. The van der Waals surface area contributed by atoms with Crippen molar-refractivity contribution in [2.45, 2.75) is 25.2 Å². The third-order valence-corrected chi connectivity index (χ3v) is 4.82. The summed E-state index contributed by atoms with van der Waals surface area (Å²) in [4.78, 5) is 27.1. The van der Waals surface area contributed by atoms with Crippen molar-refractivity contribution in [2.24, 2.45) is 5.92 Å². The summed E-state index contributed by atoms with van der Waals surface area (Å²) in [6.45, 7) is 2.73. The van der Waals surface area contributed by atoms with Crippen molar-refractivity contribution in [1.82, 2.24) is 19.9 Å². The van der Waals surface area contributed by atoms with Gasteiger partial charge in [0.25, 0.3) is 5.91 Å². The molecule has 2 atom stereocenters. The Morgan fingerprint density at radius 1 is 1.52 bits per heavy atom. The van der Waals surface area contributed by atoms with Crippen molar-refractivity contribution >= 4 is 22.8 Å². The van der Waals surface area contributed by atoms with E-state index in [9.17, 15) is 15.0 Å². The number of nitriles is 1. The quantitative estimate of drug-likeness (QED) is 0.521. The molecule has 0 aromatic carbocycles. The largest absolute Gasteiger partial charge is 0.354 e. The molecule has 9 heteroatoms. The molecule has 25 heavy (non-hydrogen) atoms. The predicted octanol–water partition coefficient (Wildman–Crippen LogP) is -0.164. The number of carbonyl (C=O) groups excluding carboxylic acids is 1. The second kappa shape index (κ2) is 6.31. The summed E-state index contributed by atoms with van der Waals surface area (Å²) in [6, 6.07) is 3.03. The average Bonchev–Trinajstić information content (AvgIpc) is 3.09. The number of hydrogen-bond acceptors (Lipinski definition) is 7. The van der Waals surface area contributed by atoms with Gasteiger partial charge in [0, 0.05) is 26.3 Å². The number of aliphatic hydroxyl groups is 2. The van der Waals surface area contributed by atoms with Crippen LogP contribution in [0.15, 0.2) is 18.6 Å². The first-order valence-corrected chi connectivity index (χ1v) is 8.01. The highest BCUT2D eigenvalue weighted by atomic mass is 16.5. The molecule has 0 spiro atoms. The van der Waals surface area contributed by atoms with Crippen LogP contribution in [0.3, 0.4) is 0 Å². The number of likely N-dealkylation sites (tertiary alicyclic amines) is 1. The van der Waals surface area contributed by atoms with E-state index in [1.54, 1.807) is 6.20 Å². The number of H-pyrrole nitrogens is 1. The lowest BCUT2D eigenvalue weighted by atomic mass is 9.91. The molecule has 0 bridgehead atoms. The van der Waals surface area contributed by atoms with E-state index in [2.05, 4.69) is 21.9 Å². The number of carbonyl (C=O) groups is 1. The van der Waals surface area contributed by atoms with Crippen molar-refractivity contribution in [3.05, 3.63) is 18.6 Å². The van der Waals surface area contributed by atoms with Crippen molar-refractivity contribution in [2.75, 3.05) is 25.0 Å². The number of aromatic amines is 1. The van der Waals surface area contributed by atoms with Crippen LogP contribution in [0.1, 0.15) is 13.3 Å². The number of likely N-dealkylation sites (N-methyl/N-ethyl adjacent to an activating group) is 1. The van der Waals surface area contributed by atoms with Gasteiger partial charge in [-0.1, -0.05) is 6.92 Å². The molecule has 3 rings (SSSR count). The Bertz CT molecular complexity index is 827. The molecule has 0 radical (unpaired) electrons. The molecule has 2 aromatic heterocycles. The molecule has 1 saturated heterocycles. The molecule has 3 heterocycles. The third kappa shape index (κ3) is 3.01. The summed E-state index contributed by atoms with van der Waals surface area (Å²) in [6.07, 6.45) is 3.95. The van der Waals surface area contributed by atoms with Crippen LogP contribution in [0.4, 0.5) is 5.82 Å². The van der Waals surface area contributed by atoms with E-state index >= 15 is 0 Å². The lowest BCUT2D eigenvalue weighted by molar-refractivity contribution is -0.178. The van der Waals surface area contributed by atoms with Crippen LogP contribution < -0.4 is 4.90 Å². The summed E-state index contributed by atoms with van der Waals surface area (Å²) in [5, 5.41) is 28.7. The Hall–Kier alpha value is -2.70. The van der Waals surface area contributed by atoms with Crippen LogP contribution in [-0.4, -0.2) is 67.9 Å². The van der Waals surface area contributed by atoms with Gasteiger partial charge >= 0.3 is 5.79 Å². The van der Waals surface area contributed by atoms with Crippen LogP contribution in [0, 0.1) is 17.2 Å². The zero-order chi connectivity index (χ0) is 18.2. The summed E-state index contributed by atoms with van der Waals surface area (Å²) >= 11 is 0. The minimum absolute atomic E-state index is 0.0832. The Labute approximate surface area is 144 Å². The van der Waals surface area contributed by atoms with Crippen molar-refractivity contribution in [3.8, 4) is 6.07 Å². The second-order valence-corrected chi connectivity index (χ2v) is 6.42. The maximum atomic E-state index is 12.2. The standard InChI is InChI=1S/C16H20N6O3/c1-10-4-6-22(15(23)16(24,25)8-17)7-12(10)21(2)14-11-3-5-18-13(11)19-9-20-14/h3,5,9-10,12,24-25H,4,6-7H2,1-2H3,(H,18,19,20)/t10-,12+/m1/s1. The fourth-order valence-electron chi connectivity index (χ4n) is 3.30. The van der Waals surface area contributed by atoms with E-state index in [1.807, 2.05) is 18.0 Å².